The zero-order valence-corrected chi connectivity index (χ0v) is 21.2. The number of hydrogen-bond donors (Lipinski definition) is 0. The average Bonchev–Trinajstić information content (AvgIpc) is 3.09. The highest BCUT2D eigenvalue weighted by atomic mass is 14.7. The van der Waals surface area contributed by atoms with Crippen LogP contribution in [0.2, 0.25) is 0 Å². The molecular formula is C31H48. The van der Waals surface area contributed by atoms with Gasteiger partial charge in [0.2, 0.25) is 0 Å². The van der Waals surface area contributed by atoms with Crippen LogP contribution >= 0.6 is 0 Å². The Hall–Kier alpha value is -0.520. The van der Waals surface area contributed by atoms with E-state index in [-0.39, 0.29) is 0 Å². The van der Waals surface area contributed by atoms with Crippen LogP contribution in [0.5, 0.6) is 0 Å². The van der Waals surface area contributed by atoms with E-state index in [9.17, 15) is 0 Å². The minimum Gasteiger partial charge on any atom is -0.0996 e. The Morgan fingerprint density at radius 2 is 1.65 bits per heavy atom. The van der Waals surface area contributed by atoms with Gasteiger partial charge >= 0.3 is 0 Å². The van der Waals surface area contributed by atoms with E-state index in [1.165, 1.54) is 70.6 Å². The first-order chi connectivity index (χ1) is 14.7. The second-order valence-corrected chi connectivity index (χ2v) is 14.4. The highest BCUT2D eigenvalue weighted by Crippen LogP contribution is 2.78. The van der Waals surface area contributed by atoms with Crippen molar-refractivity contribution in [3.05, 3.63) is 24.3 Å². The van der Waals surface area contributed by atoms with E-state index >= 15 is 0 Å². The van der Waals surface area contributed by atoms with Gasteiger partial charge in [-0.3, -0.25) is 0 Å². The lowest BCUT2D eigenvalue weighted by molar-refractivity contribution is -0.230. The van der Waals surface area contributed by atoms with Crippen molar-refractivity contribution < 1.29 is 0 Å². The molecule has 0 N–H and O–H groups in total. The van der Waals surface area contributed by atoms with Gasteiger partial charge in [-0.15, -0.1) is 0 Å². The van der Waals surface area contributed by atoms with Gasteiger partial charge in [-0.1, -0.05) is 58.4 Å². The first-order valence-electron chi connectivity index (χ1n) is 14.0. The lowest BCUT2D eigenvalue weighted by Crippen LogP contribution is -2.66. The van der Waals surface area contributed by atoms with Crippen LogP contribution in [0.15, 0.2) is 24.3 Å². The maximum Gasteiger partial charge on any atom is -0.00810 e. The molecule has 10 atom stereocenters. The van der Waals surface area contributed by atoms with Crippen LogP contribution in [-0.4, -0.2) is 0 Å². The predicted molar refractivity (Wildman–Crippen MR) is 132 cm³/mol. The van der Waals surface area contributed by atoms with Crippen molar-refractivity contribution in [3.8, 4) is 0 Å². The molecule has 10 unspecified atom stereocenters. The van der Waals surface area contributed by atoms with E-state index in [2.05, 4.69) is 46.8 Å². The van der Waals surface area contributed by atoms with E-state index in [4.69, 9.17) is 6.58 Å². The maximum atomic E-state index is 4.75. The lowest BCUT2D eigenvalue weighted by Gasteiger charge is -2.72. The number of rotatable bonds is 1. The molecule has 0 heteroatoms. The minimum absolute atomic E-state index is 0.498. The van der Waals surface area contributed by atoms with E-state index in [1.807, 2.05) is 0 Å². The third-order valence-electron chi connectivity index (χ3n) is 13.4. The molecule has 6 aliphatic carbocycles. The van der Waals surface area contributed by atoms with Crippen LogP contribution in [0.1, 0.15) is 105 Å². The van der Waals surface area contributed by atoms with Crippen LogP contribution in [0, 0.1) is 63.1 Å². The first-order valence-corrected chi connectivity index (χ1v) is 14.0. The molecule has 0 heterocycles. The van der Waals surface area contributed by atoms with Gasteiger partial charge in [0.25, 0.3) is 0 Å². The van der Waals surface area contributed by atoms with Crippen LogP contribution in [0.25, 0.3) is 0 Å². The standard InChI is InChI=1S/C31H48/c1-7-12-31-15-10-22-20(2)18-21-19-25-23-9-8-13-28(3,4)24(23)11-14-29(25,5)30(6,16-17-31)26(21)27(22)31/h7,12,21-27H,2,8-11,13-19H2,1,3-6H3. The van der Waals surface area contributed by atoms with Gasteiger partial charge in [0.15, 0.2) is 0 Å². The summed E-state index contributed by atoms with van der Waals surface area (Å²) in [6.45, 7) is 17.9. The normalized spacial score (nSPS) is 57.3. The predicted octanol–water partition coefficient (Wildman–Crippen LogP) is 8.83. The van der Waals surface area contributed by atoms with Gasteiger partial charge in [0.05, 0.1) is 0 Å². The second-order valence-electron chi connectivity index (χ2n) is 14.4. The smallest absolute Gasteiger partial charge is 0.00810 e. The molecule has 0 saturated heterocycles. The second kappa shape index (κ2) is 6.54. The quantitative estimate of drug-likeness (QED) is 0.372. The van der Waals surface area contributed by atoms with Crippen molar-refractivity contribution >= 4 is 0 Å². The molecule has 0 spiro atoms. The topological polar surface area (TPSA) is 0 Å². The highest BCUT2D eigenvalue weighted by Gasteiger charge is 2.71. The zero-order chi connectivity index (χ0) is 21.8. The summed E-state index contributed by atoms with van der Waals surface area (Å²) in [5.41, 5.74) is 3.84. The van der Waals surface area contributed by atoms with Crippen LogP contribution in [0.4, 0.5) is 0 Å². The summed E-state index contributed by atoms with van der Waals surface area (Å²) in [5, 5.41) is 0. The van der Waals surface area contributed by atoms with Gasteiger partial charge < -0.3 is 0 Å². The fourth-order valence-corrected chi connectivity index (χ4v) is 11.9. The van der Waals surface area contributed by atoms with Crippen molar-refractivity contribution in [2.75, 3.05) is 0 Å². The molecule has 0 aromatic carbocycles. The third-order valence-corrected chi connectivity index (χ3v) is 13.4. The molecule has 0 nitrogen and oxygen atoms in total. The highest BCUT2D eigenvalue weighted by molar-refractivity contribution is 5.28. The fraction of sp³-hybridized carbons (Fsp3) is 0.871. The summed E-state index contributed by atoms with van der Waals surface area (Å²) < 4.78 is 0. The molecule has 0 radical (unpaired) electrons. The Kier molecular flexibility index (Phi) is 4.44. The molecular weight excluding hydrogens is 372 g/mol. The molecule has 0 aliphatic heterocycles. The first kappa shape index (κ1) is 21.0. The summed E-state index contributed by atoms with van der Waals surface area (Å²) in [5.74, 6) is 6.54. The third kappa shape index (κ3) is 2.49. The van der Waals surface area contributed by atoms with Crippen LogP contribution in [-0.2, 0) is 0 Å². The molecule has 6 aliphatic rings. The maximum absolute atomic E-state index is 4.75. The van der Waals surface area contributed by atoms with Crippen molar-refractivity contribution in [1.82, 2.24) is 0 Å². The molecule has 0 bridgehead atoms. The van der Waals surface area contributed by atoms with Crippen LogP contribution in [0.3, 0.4) is 0 Å². The van der Waals surface area contributed by atoms with E-state index < -0.39 is 0 Å². The lowest BCUT2D eigenvalue weighted by atomic mass is 9.32. The number of fused-ring (bicyclic) bond motifs is 4. The Labute approximate surface area is 192 Å². The average molecular weight is 421 g/mol. The minimum atomic E-state index is 0.498. The molecule has 6 fully saturated rings. The monoisotopic (exact) mass is 420 g/mol. The fourth-order valence-electron chi connectivity index (χ4n) is 11.9. The van der Waals surface area contributed by atoms with Crippen molar-refractivity contribution in [2.45, 2.75) is 105 Å². The molecule has 6 saturated carbocycles. The van der Waals surface area contributed by atoms with Gasteiger partial charge in [-0.25, -0.2) is 0 Å². The summed E-state index contributed by atoms with van der Waals surface area (Å²) >= 11 is 0. The van der Waals surface area contributed by atoms with E-state index in [1.54, 1.807) is 5.57 Å². The van der Waals surface area contributed by atoms with Crippen molar-refractivity contribution in [1.29, 1.82) is 0 Å². The van der Waals surface area contributed by atoms with Crippen molar-refractivity contribution in [2.24, 2.45) is 63.1 Å². The zero-order valence-electron chi connectivity index (χ0n) is 21.2. The van der Waals surface area contributed by atoms with Crippen LogP contribution < -0.4 is 0 Å². The largest absolute Gasteiger partial charge is 0.0996 e. The van der Waals surface area contributed by atoms with E-state index in [0.717, 1.165) is 41.4 Å². The summed E-state index contributed by atoms with van der Waals surface area (Å²) in [4.78, 5) is 0. The summed E-state index contributed by atoms with van der Waals surface area (Å²) in [7, 11) is 0. The molecule has 31 heavy (non-hydrogen) atoms. The molecule has 172 valence electrons. The van der Waals surface area contributed by atoms with Crippen molar-refractivity contribution in [3.63, 3.8) is 0 Å². The Balaban J connectivity index is 1.45. The molecule has 6 rings (SSSR count). The molecule has 0 aromatic heterocycles. The van der Waals surface area contributed by atoms with E-state index in [0.29, 0.717) is 21.7 Å². The van der Waals surface area contributed by atoms with Gasteiger partial charge in [-0.2, -0.15) is 0 Å². The Morgan fingerprint density at radius 3 is 2.42 bits per heavy atom. The number of hydrogen-bond acceptors (Lipinski definition) is 0. The Bertz CT molecular complexity index is 801. The summed E-state index contributed by atoms with van der Waals surface area (Å²) in [6, 6.07) is 0. The SMILES string of the molecule is C=C1CC2CC3C4CCCC(C)(C)C4CCC3(C)C3(C)CCC4(C=CC)CCC1C4C23. The Morgan fingerprint density at radius 1 is 0.839 bits per heavy atom. The van der Waals surface area contributed by atoms with Gasteiger partial charge in [0.1, 0.15) is 0 Å². The van der Waals surface area contributed by atoms with Gasteiger partial charge in [-0.05, 0) is 134 Å². The summed E-state index contributed by atoms with van der Waals surface area (Å²) in [6.07, 6.45) is 21.3. The number of allylic oxidation sites excluding steroid dienone is 3. The molecule has 0 amide bonds. The molecule has 0 aromatic rings. The van der Waals surface area contributed by atoms with Gasteiger partial charge in [0, 0.05) is 0 Å².